The van der Waals surface area contributed by atoms with Gasteiger partial charge in [-0.05, 0) is 62.1 Å². The summed E-state index contributed by atoms with van der Waals surface area (Å²) in [7, 11) is 0. The molecule has 1 saturated heterocycles. The molecule has 1 fully saturated rings. The van der Waals surface area contributed by atoms with Gasteiger partial charge in [0.2, 0.25) is 0 Å². The molecule has 5 heteroatoms. The van der Waals surface area contributed by atoms with Crippen LogP contribution in [0, 0.1) is 12.7 Å². The van der Waals surface area contributed by atoms with Gasteiger partial charge in [-0.15, -0.1) is 0 Å². The van der Waals surface area contributed by atoms with Gasteiger partial charge in [-0.2, -0.15) is 0 Å². The number of para-hydroxylation sites is 1. The lowest BCUT2D eigenvalue weighted by Gasteiger charge is -2.28. The van der Waals surface area contributed by atoms with Crippen LogP contribution in [0.15, 0.2) is 47.3 Å². The van der Waals surface area contributed by atoms with Crippen molar-refractivity contribution in [3.05, 3.63) is 64.1 Å². The Labute approximate surface area is 151 Å². The molecule has 1 aliphatic heterocycles. The van der Waals surface area contributed by atoms with Crippen LogP contribution in [0.3, 0.4) is 0 Å². The van der Waals surface area contributed by atoms with Gasteiger partial charge >= 0.3 is 0 Å². The molecule has 1 aromatic heterocycles. The number of pyridine rings is 1. The third-order valence-electron chi connectivity index (χ3n) is 4.87. The lowest BCUT2D eigenvalue weighted by molar-refractivity contribution is 0.480. The predicted molar refractivity (Wildman–Crippen MR) is 102 cm³/mol. The maximum absolute atomic E-state index is 13.3. The van der Waals surface area contributed by atoms with Crippen molar-refractivity contribution >= 4 is 16.7 Å². The molecule has 0 unspecified atom stereocenters. The second-order valence-electron chi connectivity index (χ2n) is 6.76. The predicted octanol–water partition coefficient (Wildman–Crippen LogP) is 4.76. The smallest absolute Gasteiger partial charge is 0.191 e. The SMILES string of the molecule is Cc1cc(F)ccc1Oc1cccc2c(=O)cc(N3CCCCC3)[nH]c12. The number of halogens is 1. The van der Waals surface area contributed by atoms with Gasteiger partial charge in [0.1, 0.15) is 17.4 Å². The topological polar surface area (TPSA) is 45.3 Å². The number of anilines is 1. The van der Waals surface area contributed by atoms with Crippen LogP contribution in [-0.2, 0) is 0 Å². The van der Waals surface area contributed by atoms with Gasteiger partial charge in [0.05, 0.1) is 5.52 Å². The van der Waals surface area contributed by atoms with E-state index in [1.165, 1.54) is 18.6 Å². The van der Waals surface area contributed by atoms with E-state index in [0.717, 1.165) is 31.7 Å². The van der Waals surface area contributed by atoms with Crippen molar-refractivity contribution < 1.29 is 9.13 Å². The molecule has 0 spiro atoms. The second kappa shape index (κ2) is 6.83. The molecule has 2 aromatic carbocycles. The van der Waals surface area contributed by atoms with Gasteiger partial charge in [-0.25, -0.2) is 4.39 Å². The Morgan fingerprint density at radius 3 is 2.62 bits per heavy atom. The zero-order valence-electron chi connectivity index (χ0n) is 14.7. The molecule has 4 rings (SSSR count). The zero-order chi connectivity index (χ0) is 18.1. The molecular weight excluding hydrogens is 331 g/mol. The van der Waals surface area contributed by atoms with E-state index in [0.29, 0.717) is 28.0 Å². The molecule has 26 heavy (non-hydrogen) atoms. The second-order valence-corrected chi connectivity index (χ2v) is 6.76. The number of aromatic amines is 1. The van der Waals surface area contributed by atoms with Crippen molar-refractivity contribution in [1.82, 2.24) is 4.98 Å². The number of aryl methyl sites for hydroxylation is 1. The van der Waals surface area contributed by atoms with Gasteiger partial charge in [0.25, 0.3) is 0 Å². The summed E-state index contributed by atoms with van der Waals surface area (Å²) < 4.78 is 19.4. The van der Waals surface area contributed by atoms with Crippen LogP contribution in [-0.4, -0.2) is 18.1 Å². The molecule has 3 aromatic rings. The Bertz CT molecular complexity index is 1010. The molecule has 1 N–H and O–H groups in total. The number of aromatic nitrogens is 1. The number of hydrogen-bond donors (Lipinski definition) is 1. The van der Waals surface area contributed by atoms with Crippen molar-refractivity contribution in [3.63, 3.8) is 0 Å². The number of piperidine rings is 1. The van der Waals surface area contributed by atoms with Crippen LogP contribution in [0.25, 0.3) is 10.9 Å². The highest BCUT2D eigenvalue weighted by Gasteiger charge is 2.15. The van der Waals surface area contributed by atoms with Gasteiger partial charge in [-0.1, -0.05) is 6.07 Å². The van der Waals surface area contributed by atoms with Crippen LogP contribution in [0.2, 0.25) is 0 Å². The van der Waals surface area contributed by atoms with E-state index in [-0.39, 0.29) is 11.2 Å². The highest BCUT2D eigenvalue weighted by atomic mass is 19.1. The Morgan fingerprint density at radius 1 is 1.04 bits per heavy atom. The van der Waals surface area contributed by atoms with Crippen molar-refractivity contribution in [2.24, 2.45) is 0 Å². The summed E-state index contributed by atoms with van der Waals surface area (Å²) >= 11 is 0. The highest BCUT2D eigenvalue weighted by Crippen LogP contribution is 2.31. The maximum Gasteiger partial charge on any atom is 0.191 e. The Kier molecular flexibility index (Phi) is 4.37. The minimum absolute atomic E-state index is 0.0272. The van der Waals surface area contributed by atoms with Crippen molar-refractivity contribution in [1.29, 1.82) is 0 Å². The van der Waals surface area contributed by atoms with Gasteiger partial charge in [-0.3, -0.25) is 4.79 Å². The number of hydrogen-bond acceptors (Lipinski definition) is 3. The fourth-order valence-electron chi connectivity index (χ4n) is 3.47. The molecule has 0 atom stereocenters. The van der Waals surface area contributed by atoms with E-state index in [2.05, 4.69) is 9.88 Å². The van der Waals surface area contributed by atoms with Crippen LogP contribution in [0.1, 0.15) is 24.8 Å². The normalized spacial score (nSPS) is 14.6. The van der Waals surface area contributed by atoms with E-state index in [9.17, 15) is 9.18 Å². The Balaban J connectivity index is 1.79. The largest absolute Gasteiger partial charge is 0.455 e. The summed E-state index contributed by atoms with van der Waals surface area (Å²) in [6.07, 6.45) is 3.49. The fraction of sp³-hybridized carbons (Fsp3) is 0.286. The van der Waals surface area contributed by atoms with Crippen LogP contribution >= 0.6 is 0 Å². The quantitative estimate of drug-likeness (QED) is 0.739. The molecular formula is C21H21FN2O2. The number of H-pyrrole nitrogens is 1. The third-order valence-corrected chi connectivity index (χ3v) is 4.87. The van der Waals surface area contributed by atoms with E-state index in [1.54, 1.807) is 31.2 Å². The standard InChI is InChI=1S/C21H21FN2O2/c1-14-12-15(22)8-9-18(14)26-19-7-5-6-16-17(25)13-20(23-21(16)19)24-10-3-2-4-11-24/h5-9,12-13H,2-4,10-11H2,1H3,(H,23,25). The lowest BCUT2D eigenvalue weighted by atomic mass is 10.1. The first kappa shape index (κ1) is 16.6. The van der Waals surface area contributed by atoms with Crippen molar-refractivity contribution in [2.45, 2.75) is 26.2 Å². The molecule has 0 bridgehead atoms. The first-order chi connectivity index (χ1) is 12.6. The van der Waals surface area contributed by atoms with Crippen LogP contribution in [0.5, 0.6) is 11.5 Å². The number of rotatable bonds is 3. The molecule has 1 aliphatic rings. The average Bonchev–Trinajstić information content (AvgIpc) is 2.65. The lowest BCUT2D eigenvalue weighted by Crippen LogP contribution is -2.31. The minimum atomic E-state index is -0.298. The molecule has 0 aliphatic carbocycles. The van der Waals surface area contributed by atoms with Gasteiger partial charge < -0.3 is 14.6 Å². The fourth-order valence-corrected chi connectivity index (χ4v) is 3.47. The summed E-state index contributed by atoms with van der Waals surface area (Å²) in [6, 6.07) is 11.5. The number of nitrogens with one attached hydrogen (secondary N) is 1. The Morgan fingerprint density at radius 2 is 1.85 bits per heavy atom. The van der Waals surface area contributed by atoms with E-state index >= 15 is 0 Å². The summed E-state index contributed by atoms with van der Waals surface area (Å²) in [4.78, 5) is 18.2. The molecule has 0 radical (unpaired) electrons. The molecule has 134 valence electrons. The monoisotopic (exact) mass is 352 g/mol. The molecule has 4 nitrogen and oxygen atoms in total. The summed E-state index contributed by atoms with van der Waals surface area (Å²) in [5, 5.41) is 0.586. The Hall–Kier alpha value is -2.82. The third kappa shape index (κ3) is 3.17. The molecule has 0 saturated carbocycles. The number of nitrogens with zero attached hydrogens (tertiary/aromatic N) is 1. The first-order valence-electron chi connectivity index (χ1n) is 8.97. The number of fused-ring (bicyclic) bond motifs is 1. The number of ether oxygens (including phenoxy) is 1. The summed E-state index contributed by atoms with van der Waals surface area (Å²) in [5.74, 6) is 1.67. The van der Waals surface area contributed by atoms with E-state index < -0.39 is 0 Å². The number of benzene rings is 2. The average molecular weight is 352 g/mol. The highest BCUT2D eigenvalue weighted by molar-refractivity contribution is 5.86. The zero-order valence-corrected chi connectivity index (χ0v) is 14.7. The summed E-state index contributed by atoms with van der Waals surface area (Å²) in [6.45, 7) is 3.69. The van der Waals surface area contributed by atoms with Gasteiger partial charge in [0, 0.05) is 24.5 Å². The summed E-state index contributed by atoms with van der Waals surface area (Å²) in [5.41, 5.74) is 1.35. The van der Waals surface area contributed by atoms with E-state index in [4.69, 9.17) is 4.74 Å². The minimum Gasteiger partial charge on any atom is -0.455 e. The van der Waals surface area contributed by atoms with Crippen LogP contribution in [0.4, 0.5) is 10.2 Å². The first-order valence-corrected chi connectivity index (χ1v) is 8.97. The van der Waals surface area contributed by atoms with Crippen molar-refractivity contribution in [3.8, 4) is 11.5 Å². The molecule has 0 amide bonds. The maximum atomic E-state index is 13.3. The van der Waals surface area contributed by atoms with Crippen molar-refractivity contribution in [2.75, 3.05) is 18.0 Å². The van der Waals surface area contributed by atoms with E-state index in [1.807, 2.05) is 6.07 Å². The molecule has 2 heterocycles. The van der Waals surface area contributed by atoms with Crippen LogP contribution < -0.4 is 15.1 Å². The van der Waals surface area contributed by atoms with Gasteiger partial charge in [0.15, 0.2) is 11.2 Å².